The lowest BCUT2D eigenvalue weighted by Gasteiger charge is -2.04. The van der Waals surface area contributed by atoms with E-state index in [0.29, 0.717) is 10.7 Å². The van der Waals surface area contributed by atoms with Gasteiger partial charge in [0.05, 0.1) is 5.56 Å². The summed E-state index contributed by atoms with van der Waals surface area (Å²) in [5, 5.41) is 30.2. The van der Waals surface area contributed by atoms with Gasteiger partial charge in [-0.3, -0.25) is 0 Å². The highest BCUT2D eigenvalue weighted by molar-refractivity contribution is 7.10. The molecule has 0 amide bonds. The summed E-state index contributed by atoms with van der Waals surface area (Å²) in [7, 11) is 0. The van der Waals surface area contributed by atoms with Crippen molar-refractivity contribution >= 4 is 28.2 Å². The highest BCUT2D eigenvalue weighted by Crippen LogP contribution is 2.31. The molecule has 0 aliphatic heterocycles. The Morgan fingerprint density at radius 1 is 1.50 bits per heavy atom. The van der Waals surface area contributed by atoms with Crippen LogP contribution in [-0.4, -0.2) is 20.6 Å². The molecule has 90 valence electrons. The second-order valence-corrected chi connectivity index (χ2v) is 4.11. The number of hydrogen-bond acceptors (Lipinski definition) is 6. The third-order valence-electron chi connectivity index (χ3n) is 2.15. The first-order valence-corrected chi connectivity index (χ1v) is 5.58. The number of rotatable bonds is 3. The lowest BCUT2D eigenvalue weighted by Crippen LogP contribution is -1.97. The van der Waals surface area contributed by atoms with Crippen molar-refractivity contribution in [3.05, 3.63) is 35.4 Å². The molecule has 18 heavy (non-hydrogen) atoms. The van der Waals surface area contributed by atoms with Crippen molar-refractivity contribution in [2.45, 2.75) is 0 Å². The van der Waals surface area contributed by atoms with E-state index in [0.717, 1.165) is 11.5 Å². The summed E-state index contributed by atoms with van der Waals surface area (Å²) in [5.74, 6) is -1.37. The zero-order valence-corrected chi connectivity index (χ0v) is 9.73. The number of carboxylic acids is 1. The molecule has 0 aliphatic rings. The van der Waals surface area contributed by atoms with Gasteiger partial charge in [-0.2, -0.15) is 9.64 Å². The fourth-order valence-electron chi connectivity index (χ4n) is 1.33. The smallest absolute Gasteiger partial charge is 0.335 e. The first-order chi connectivity index (χ1) is 8.61. The van der Waals surface area contributed by atoms with Crippen molar-refractivity contribution in [2.75, 3.05) is 5.32 Å². The Morgan fingerprint density at radius 2 is 2.28 bits per heavy atom. The number of nitrogens with one attached hydrogen (secondary N) is 1. The average Bonchev–Trinajstić information content (AvgIpc) is 2.70. The molecule has 1 aromatic carbocycles. The van der Waals surface area contributed by atoms with Gasteiger partial charge in [-0.1, -0.05) is 6.07 Å². The lowest BCUT2D eigenvalue weighted by molar-refractivity contribution is 0.0697. The Bertz CT molecular complexity index is 645. The Morgan fingerprint density at radius 3 is 2.94 bits per heavy atom. The Kier molecular flexibility index (Phi) is 3.12. The Balaban J connectivity index is 2.32. The van der Waals surface area contributed by atoms with Crippen molar-refractivity contribution in [1.82, 2.24) is 4.37 Å². The molecule has 1 heterocycles. The number of aromatic carboxylic acids is 1. The molecule has 3 N–H and O–H groups in total. The molecule has 0 aliphatic carbocycles. The van der Waals surface area contributed by atoms with E-state index < -0.39 is 5.97 Å². The highest BCUT2D eigenvalue weighted by atomic mass is 32.1. The molecule has 1 aromatic heterocycles. The molecule has 0 atom stereocenters. The standard InChI is InChI=1S/C11H7N3O3S/c12-5-8-9(15)14-18-10(8)13-7-3-1-2-6(4-7)11(16)17/h1-4,13H,(H,14,15)(H,16,17). The first kappa shape index (κ1) is 11.9. The summed E-state index contributed by atoms with van der Waals surface area (Å²) < 4.78 is 3.64. The van der Waals surface area contributed by atoms with E-state index in [4.69, 9.17) is 10.4 Å². The van der Waals surface area contributed by atoms with Crippen molar-refractivity contribution in [1.29, 1.82) is 5.26 Å². The van der Waals surface area contributed by atoms with Crippen LogP contribution in [0.4, 0.5) is 10.7 Å². The van der Waals surface area contributed by atoms with E-state index in [1.165, 1.54) is 12.1 Å². The summed E-state index contributed by atoms with van der Waals surface area (Å²) in [6, 6.07) is 7.95. The number of aromatic hydroxyl groups is 1. The van der Waals surface area contributed by atoms with Gasteiger partial charge in [-0.25, -0.2) is 4.79 Å². The summed E-state index contributed by atoms with van der Waals surface area (Å²) in [6.45, 7) is 0. The van der Waals surface area contributed by atoms with Crippen LogP contribution in [0.3, 0.4) is 0 Å². The number of nitrogens with zero attached hydrogens (tertiary/aromatic N) is 2. The first-order valence-electron chi connectivity index (χ1n) is 4.81. The second kappa shape index (κ2) is 4.73. The normalized spacial score (nSPS) is 9.72. The minimum Gasteiger partial charge on any atom is -0.492 e. The molecule has 0 unspecified atom stereocenters. The van der Waals surface area contributed by atoms with Crippen molar-refractivity contribution in [2.24, 2.45) is 0 Å². The molecule has 0 bridgehead atoms. The number of hydrogen-bond donors (Lipinski definition) is 3. The molecule has 0 saturated heterocycles. The monoisotopic (exact) mass is 261 g/mol. The fraction of sp³-hybridized carbons (Fsp3) is 0. The number of aromatic nitrogens is 1. The summed E-state index contributed by atoms with van der Waals surface area (Å²) in [4.78, 5) is 10.8. The predicted octanol–water partition coefficient (Wildman–Crippen LogP) is 2.16. The number of nitriles is 1. The van der Waals surface area contributed by atoms with Gasteiger partial charge in [0.25, 0.3) is 0 Å². The summed E-state index contributed by atoms with van der Waals surface area (Å²) in [6.07, 6.45) is 0. The maximum Gasteiger partial charge on any atom is 0.335 e. The van der Waals surface area contributed by atoms with Crippen molar-refractivity contribution in [3.8, 4) is 11.9 Å². The molecule has 2 rings (SSSR count). The predicted molar refractivity (Wildman–Crippen MR) is 65.2 cm³/mol. The number of carbonyl (C=O) groups is 1. The molecule has 6 nitrogen and oxygen atoms in total. The van der Waals surface area contributed by atoms with Crippen LogP contribution in [0.1, 0.15) is 15.9 Å². The maximum atomic E-state index is 10.8. The van der Waals surface area contributed by atoms with Crippen LogP contribution in [0, 0.1) is 11.3 Å². The third kappa shape index (κ3) is 2.23. The molecule has 0 saturated carbocycles. The van der Waals surface area contributed by atoms with Gasteiger partial charge in [0.1, 0.15) is 11.1 Å². The van der Waals surface area contributed by atoms with Gasteiger partial charge in [0.2, 0.25) is 5.88 Å². The van der Waals surface area contributed by atoms with Gasteiger partial charge >= 0.3 is 5.97 Å². The van der Waals surface area contributed by atoms with E-state index >= 15 is 0 Å². The van der Waals surface area contributed by atoms with E-state index in [2.05, 4.69) is 9.69 Å². The third-order valence-corrected chi connectivity index (χ3v) is 2.91. The molecule has 0 spiro atoms. The largest absolute Gasteiger partial charge is 0.492 e. The van der Waals surface area contributed by atoms with E-state index in [1.807, 2.05) is 6.07 Å². The zero-order valence-electron chi connectivity index (χ0n) is 8.91. The Labute approximate surface area is 106 Å². The number of anilines is 2. The van der Waals surface area contributed by atoms with E-state index in [1.54, 1.807) is 12.1 Å². The van der Waals surface area contributed by atoms with Crippen molar-refractivity contribution < 1.29 is 15.0 Å². The van der Waals surface area contributed by atoms with Gasteiger partial charge in [-0.05, 0) is 29.7 Å². The van der Waals surface area contributed by atoms with Crippen LogP contribution in [0.5, 0.6) is 5.88 Å². The fourth-order valence-corrected chi connectivity index (χ4v) is 1.99. The molecule has 0 radical (unpaired) electrons. The molecule has 7 heteroatoms. The number of benzene rings is 1. The summed E-state index contributed by atoms with van der Waals surface area (Å²) >= 11 is 0.929. The Hall–Kier alpha value is -2.59. The average molecular weight is 261 g/mol. The minimum atomic E-state index is -1.04. The molecular formula is C11H7N3O3S. The van der Waals surface area contributed by atoms with Crippen molar-refractivity contribution in [3.63, 3.8) is 0 Å². The molecule has 2 aromatic rings. The minimum absolute atomic E-state index is 0.0423. The maximum absolute atomic E-state index is 10.8. The SMILES string of the molecule is N#Cc1c(O)nsc1Nc1cccc(C(=O)O)c1. The van der Waals surface area contributed by atoms with Gasteiger partial charge in [-0.15, -0.1) is 0 Å². The van der Waals surface area contributed by atoms with Crippen LogP contribution in [0.25, 0.3) is 0 Å². The second-order valence-electron chi connectivity index (χ2n) is 3.33. The molecule has 0 fully saturated rings. The zero-order chi connectivity index (χ0) is 13.1. The summed E-state index contributed by atoms with van der Waals surface area (Å²) in [5.41, 5.74) is 0.683. The topological polar surface area (TPSA) is 106 Å². The molecular weight excluding hydrogens is 254 g/mol. The van der Waals surface area contributed by atoms with Crippen LogP contribution in [0.15, 0.2) is 24.3 Å². The van der Waals surface area contributed by atoms with Gasteiger partial charge in [0, 0.05) is 5.69 Å². The van der Waals surface area contributed by atoms with E-state index in [9.17, 15) is 9.90 Å². The van der Waals surface area contributed by atoms with Crippen LogP contribution >= 0.6 is 11.5 Å². The van der Waals surface area contributed by atoms with Gasteiger partial charge in [0.15, 0.2) is 5.56 Å². The van der Waals surface area contributed by atoms with Crippen LogP contribution < -0.4 is 5.32 Å². The van der Waals surface area contributed by atoms with Gasteiger partial charge < -0.3 is 15.5 Å². The highest BCUT2D eigenvalue weighted by Gasteiger charge is 2.13. The van der Waals surface area contributed by atoms with E-state index in [-0.39, 0.29) is 17.0 Å². The van der Waals surface area contributed by atoms with Crippen LogP contribution in [-0.2, 0) is 0 Å². The quantitative estimate of drug-likeness (QED) is 0.781. The lowest BCUT2D eigenvalue weighted by atomic mass is 10.2. The number of carboxylic acid groups (broad SMARTS) is 1. The van der Waals surface area contributed by atoms with Crippen LogP contribution in [0.2, 0.25) is 0 Å².